The predicted molar refractivity (Wildman–Crippen MR) is 146 cm³/mol. The maximum atomic E-state index is 13.7. The minimum absolute atomic E-state index is 0.0273. The predicted octanol–water partition coefficient (Wildman–Crippen LogP) is 0.0678. The number of methoxy groups -OCH3 is 2. The summed E-state index contributed by atoms with van der Waals surface area (Å²) in [6.07, 6.45) is -6.45. The van der Waals surface area contributed by atoms with Crippen molar-refractivity contribution in [2.45, 2.75) is 86.9 Å². The number of hydrogen-bond donors (Lipinski definition) is 6. The van der Waals surface area contributed by atoms with E-state index in [-0.39, 0.29) is 51.1 Å². The third-order valence-electron chi connectivity index (χ3n) is 8.75. The van der Waals surface area contributed by atoms with E-state index >= 15 is 0 Å². The first-order valence-electron chi connectivity index (χ1n) is 13.4. The largest absolute Gasteiger partial charge is 0.507 e. The SMILES string of the molecule is COc1c2c(c(OC)c3c(O)c([C@H]4C[C@@H](O)[C@H](O)[C@@H](C)O4)ccc13)C[C@@H](OS(C)(=O)=O)[C@]1(O)C[C@@](C)(O)CC(=O)[C@]21O. The summed E-state index contributed by atoms with van der Waals surface area (Å²) < 4.78 is 47.1. The molecule has 0 amide bonds. The fourth-order valence-electron chi connectivity index (χ4n) is 6.97. The lowest BCUT2D eigenvalue weighted by molar-refractivity contribution is -0.243. The Kier molecular flexibility index (Phi) is 7.35. The molecule has 14 heteroatoms. The first-order chi connectivity index (χ1) is 19.4. The van der Waals surface area contributed by atoms with Crippen LogP contribution in [-0.4, -0.2) is 101 Å². The number of phenolic OH excluding ortho intramolecular Hbond substituents is 1. The van der Waals surface area contributed by atoms with Gasteiger partial charge in [-0.15, -0.1) is 0 Å². The Balaban J connectivity index is 1.83. The second-order valence-corrected chi connectivity index (χ2v) is 13.5. The summed E-state index contributed by atoms with van der Waals surface area (Å²) in [6.45, 7) is 2.87. The van der Waals surface area contributed by atoms with Gasteiger partial charge in [0.1, 0.15) is 35.1 Å². The second kappa shape index (κ2) is 9.99. The van der Waals surface area contributed by atoms with Gasteiger partial charge in [0.2, 0.25) is 0 Å². The minimum atomic E-state index is -4.26. The molecule has 8 atom stereocenters. The number of ether oxygens (including phenoxy) is 3. The molecular weight excluding hydrogens is 576 g/mol. The zero-order valence-electron chi connectivity index (χ0n) is 23.8. The van der Waals surface area contributed by atoms with Crippen molar-refractivity contribution in [3.8, 4) is 17.2 Å². The molecule has 2 fully saturated rings. The van der Waals surface area contributed by atoms with Crippen molar-refractivity contribution in [2.24, 2.45) is 0 Å². The van der Waals surface area contributed by atoms with E-state index in [1.165, 1.54) is 33.3 Å². The van der Waals surface area contributed by atoms with Crippen LogP contribution in [0.5, 0.6) is 17.2 Å². The minimum Gasteiger partial charge on any atom is -0.507 e. The molecule has 1 heterocycles. The summed E-state index contributed by atoms with van der Waals surface area (Å²) in [4.78, 5) is 13.7. The molecular formula is C28H36O13S. The van der Waals surface area contributed by atoms with Gasteiger partial charge >= 0.3 is 0 Å². The van der Waals surface area contributed by atoms with E-state index in [2.05, 4.69) is 0 Å². The Bertz CT molecular complexity index is 1540. The molecule has 0 unspecified atom stereocenters. The van der Waals surface area contributed by atoms with E-state index in [0.717, 1.165) is 6.26 Å². The van der Waals surface area contributed by atoms with Crippen LogP contribution < -0.4 is 9.47 Å². The summed E-state index contributed by atoms with van der Waals surface area (Å²) in [5, 5.41) is 67.4. The highest BCUT2D eigenvalue weighted by Crippen LogP contribution is 2.60. The molecule has 1 saturated heterocycles. The molecule has 2 aliphatic carbocycles. The fraction of sp³-hybridized carbons (Fsp3) is 0.607. The number of aliphatic hydroxyl groups is 5. The van der Waals surface area contributed by atoms with Crippen molar-refractivity contribution in [1.29, 1.82) is 0 Å². The van der Waals surface area contributed by atoms with Crippen LogP contribution in [0.4, 0.5) is 0 Å². The average molecular weight is 613 g/mol. The zero-order valence-corrected chi connectivity index (χ0v) is 24.6. The van der Waals surface area contributed by atoms with E-state index < -0.39 is 82.5 Å². The molecule has 0 spiro atoms. The van der Waals surface area contributed by atoms with Gasteiger partial charge < -0.3 is 44.8 Å². The molecule has 0 aromatic heterocycles. The monoisotopic (exact) mass is 612 g/mol. The number of fused-ring (bicyclic) bond motifs is 4. The average Bonchev–Trinajstić information content (AvgIpc) is 2.87. The van der Waals surface area contributed by atoms with E-state index in [1.807, 2.05) is 0 Å². The van der Waals surface area contributed by atoms with Gasteiger partial charge in [-0.05, 0) is 19.9 Å². The highest BCUT2D eigenvalue weighted by Gasteiger charge is 2.70. The molecule has 13 nitrogen and oxygen atoms in total. The molecule has 2 aromatic carbocycles. The number of rotatable bonds is 5. The second-order valence-electron chi connectivity index (χ2n) is 11.9. The highest BCUT2D eigenvalue weighted by atomic mass is 32.2. The Labute approximate surface area is 242 Å². The lowest BCUT2D eigenvalue weighted by atomic mass is 9.56. The summed E-state index contributed by atoms with van der Waals surface area (Å²) in [5.41, 5.74) is -7.12. The number of ketones is 1. The summed E-state index contributed by atoms with van der Waals surface area (Å²) in [5.74, 6) is -1.48. The molecule has 6 N–H and O–H groups in total. The molecule has 1 saturated carbocycles. The quantitative estimate of drug-likeness (QED) is 0.247. The fourth-order valence-corrected chi connectivity index (χ4v) is 7.62. The van der Waals surface area contributed by atoms with Crippen molar-refractivity contribution in [2.75, 3.05) is 20.5 Å². The van der Waals surface area contributed by atoms with E-state index in [0.29, 0.717) is 0 Å². The van der Waals surface area contributed by atoms with Gasteiger partial charge in [0, 0.05) is 47.8 Å². The van der Waals surface area contributed by atoms with Crippen molar-refractivity contribution < 1.29 is 62.2 Å². The number of Topliss-reactive ketones (excluding diaryl/α,β-unsaturated/α-hetero) is 1. The molecule has 42 heavy (non-hydrogen) atoms. The number of benzene rings is 2. The number of carbonyl (C=O) groups is 1. The number of hydrogen-bond acceptors (Lipinski definition) is 13. The van der Waals surface area contributed by atoms with Gasteiger partial charge in [-0.2, -0.15) is 8.42 Å². The zero-order chi connectivity index (χ0) is 31.2. The normalized spacial score (nSPS) is 36.8. The van der Waals surface area contributed by atoms with E-state index in [9.17, 15) is 43.9 Å². The van der Waals surface area contributed by atoms with Crippen molar-refractivity contribution >= 4 is 26.7 Å². The van der Waals surface area contributed by atoms with Crippen molar-refractivity contribution in [3.05, 3.63) is 28.8 Å². The Hall–Kier alpha value is -2.56. The topological polar surface area (TPSA) is 210 Å². The third-order valence-corrected chi connectivity index (χ3v) is 9.33. The molecule has 2 aromatic rings. The van der Waals surface area contributed by atoms with Crippen LogP contribution in [0.3, 0.4) is 0 Å². The van der Waals surface area contributed by atoms with Gasteiger partial charge in [0.05, 0.1) is 49.8 Å². The maximum absolute atomic E-state index is 13.7. The first-order valence-corrected chi connectivity index (χ1v) is 15.2. The Morgan fingerprint density at radius 2 is 1.71 bits per heavy atom. The maximum Gasteiger partial charge on any atom is 0.264 e. The summed E-state index contributed by atoms with van der Waals surface area (Å²) >= 11 is 0. The summed E-state index contributed by atoms with van der Waals surface area (Å²) in [7, 11) is -1.72. The van der Waals surface area contributed by atoms with E-state index in [1.54, 1.807) is 6.92 Å². The van der Waals surface area contributed by atoms with Gasteiger partial charge in [-0.1, -0.05) is 6.07 Å². The van der Waals surface area contributed by atoms with Gasteiger partial charge in [0.15, 0.2) is 11.4 Å². The number of phenols is 1. The van der Waals surface area contributed by atoms with Crippen LogP contribution in [0.2, 0.25) is 0 Å². The number of carbonyl (C=O) groups excluding carboxylic acids is 1. The van der Waals surface area contributed by atoms with Gasteiger partial charge in [0.25, 0.3) is 10.1 Å². The number of aromatic hydroxyl groups is 1. The van der Waals surface area contributed by atoms with Crippen molar-refractivity contribution in [3.63, 3.8) is 0 Å². The Morgan fingerprint density at radius 1 is 1.07 bits per heavy atom. The molecule has 0 radical (unpaired) electrons. The van der Waals surface area contributed by atoms with E-state index in [4.69, 9.17) is 18.4 Å². The molecule has 3 aliphatic rings. The molecule has 0 bridgehead atoms. The van der Waals surface area contributed by atoms with Crippen LogP contribution in [0, 0.1) is 0 Å². The molecule has 232 valence electrons. The van der Waals surface area contributed by atoms with Crippen molar-refractivity contribution in [1.82, 2.24) is 0 Å². The smallest absolute Gasteiger partial charge is 0.264 e. The van der Waals surface area contributed by atoms with Gasteiger partial charge in [-0.25, -0.2) is 0 Å². The third kappa shape index (κ3) is 4.47. The molecule has 5 rings (SSSR count). The van der Waals surface area contributed by atoms with Crippen LogP contribution in [0.25, 0.3) is 10.8 Å². The lowest BCUT2D eigenvalue weighted by Crippen LogP contribution is -2.72. The van der Waals surface area contributed by atoms with Crippen LogP contribution >= 0.6 is 0 Å². The Morgan fingerprint density at radius 3 is 2.29 bits per heavy atom. The van der Waals surface area contributed by atoms with Crippen LogP contribution in [-0.2, 0) is 35.9 Å². The van der Waals surface area contributed by atoms with Gasteiger partial charge in [-0.3, -0.25) is 8.98 Å². The standard InChI is InChI=1S/C28H36O13S/c1-12-22(31)16(29)9-17(40-12)13-6-7-14-20(23(13)32)24(38-3)15-8-19(41-42(5,36)37)27(34)11-26(2,33)10-18(30)28(27,35)21(15)25(14)39-4/h6-7,12,16-17,19,22,29,31-35H,8-11H2,1-5H3/t12-,16-,17-,19-,22-,26+,27-,28+/m1/s1. The van der Waals surface area contributed by atoms with Crippen LogP contribution in [0.1, 0.15) is 55.9 Å². The molecule has 1 aliphatic heterocycles. The highest BCUT2D eigenvalue weighted by molar-refractivity contribution is 7.86. The lowest BCUT2D eigenvalue weighted by Gasteiger charge is -2.56. The first kappa shape index (κ1) is 30.9. The van der Waals surface area contributed by atoms with Crippen LogP contribution in [0.15, 0.2) is 12.1 Å². The number of aliphatic hydroxyl groups excluding tert-OH is 2. The summed E-state index contributed by atoms with van der Waals surface area (Å²) in [6, 6.07) is 3.04.